The first-order chi connectivity index (χ1) is 8.83. The van der Waals surface area contributed by atoms with Crippen LogP contribution in [-0.2, 0) is 6.42 Å². The number of hydrogen-bond acceptors (Lipinski definition) is 2. The predicted molar refractivity (Wildman–Crippen MR) is 77.0 cm³/mol. The van der Waals surface area contributed by atoms with E-state index in [4.69, 9.17) is 0 Å². The van der Waals surface area contributed by atoms with Gasteiger partial charge in [0.25, 0.3) is 0 Å². The Bertz CT molecular complexity index is 402. The van der Waals surface area contributed by atoms with E-state index in [1.807, 2.05) is 0 Å². The van der Waals surface area contributed by atoms with Gasteiger partial charge >= 0.3 is 0 Å². The van der Waals surface area contributed by atoms with E-state index in [0.29, 0.717) is 0 Å². The molecule has 2 aliphatic rings. The number of piperidine rings is 1. The Kier molecular flexibility index (Phi) is 3.55. The third kappa shape index (κ3) is 2.54. The molecule has 0 spiro atoms. The molecule has 1 saturated heterocycles. The zero-order chi connectivity index (χ0) is 12.4. The molecular formula is C16H24N2. The predicted octanol–water partition coefficient (Wildman–Crippen LogP) is 3.15. The average molecular weight is 244 g/mol. The Labute approximate surface area is 110 Å². The molecule has 0 saturated carbocycles. The summed E-state index contributed by atoms with van der Waals surface area (Å²) in [5.74, 6) is 0.778. The average Bonchev–Trinajstić information content (AvgIpc) is 2.41. The summed E-state index contributed by atoms with van der Waals surface area (Å²) >= 11 is 0. The minimum Gasteiger partial charge on any atom is -0.384 e. The number of fused-ring (bicyclic) bond motifs is 1. The van der Waals surface area contributed by atoms with Crippen molar-refractivity contribution in [3.63, 3.8) is 0 Å². The van der Waals surface area contributed by atoms with Gasteiger partial charge in [-0.3, -0.25) is 0 Å². The number of para-hydroxylation sites is 1. The second kappa shape index (κ2) is 5.31. The van der Waals surface area contributed by atoms with Gasteiger partial charge in [-0.05, 0) is 50.3 Å². The summed E-state index contributed by atoms with van der Waals surface area (Å²) in [6.07, 6.45) is 5.44. The molecule has 2 unspecified atom stereocenters. The Morgan fingerprint density at radius 1 is 1.28 bits per heavy atom. The first-order valence-corrected chi connectivity index (χ1v) is 7.39. The largest absolute Gasteiger partial charge is 0.384 e. The van der Waals surface area contributed by atoms with Crippen molar-refractivity contribution in [3.05, 3.63) is 29.8 Å². The molecule has 1 fully saturated rings. The number of nitrogens with zero attached hydrogens (tertiary/aromatic N) is 1. The maximum Gasteiger partial charge on any atom is 0.0372 e. The molecule has 1 aromatic carbocycles. The fourth-order valence-corrected chi connectivity index (χ4v) is 3.40. The van der Waals surface area contributed by atoms with Gasteiger partial charge in [0.05, 0.1) is 0 Å². The van der Waals surface area contributed by atoms with Gasteiger partial charge in [-0.1, -0.05) is 24.6 Å². The fraction of sp³-hybridized carbons (Fsp3) is 0.625. The molecular weight excluding hydrogens is 220 g/mol. The van der Waals surface area contributed by atoms with E-state index in [9.17, 15) is 0 Å². The van der Waals surface area contributed by atoms with Gasteiger partial charge in [0.15, 0.2) is 0 Å². The van der Waals surface area contributed by atoms with E-state index in [-0.39, 0.29) is 0 Å². The Balaban J connectivity index is 1.62. The summed E-state index contributed by atoms with van der Waals surface area (Å²) in [6, 6.07) is 9.55. The second-order valence-corrected chi connectivity index (χ2v) is 5.95. The van der Waals surface area contributed by atoms with Gasteiger partial charge in [-0.25, -0.2) is 0 Å². The fourth-order valence-electron chi connectivity index (χ4n) is 3.40. The molecule has 0 aromatic heterocycles. The van der Waals surface area contributed by atoms with E-state index < -0.39 is 0 Å². The molecule has 2 aliphatic heterocycles. The van der Waals surface area contributed by atoms with Crippen LogP contribution in [0.2, 0.25) is 0 Å². The van der Waals surface area contributed by atoms with Gasteiger partial charge in [0.2, 0.25) is 0 Å². The molecule has 0 aliphatic carbocycles. The van der Waals surface area contributed by atoms with E-state index in [2.05, 4.69) is 41.4 Å². The molecule has 18 heavy (non-hydrogen) atoms. The summed E-state index contributed by atoms with van der Waals surface area (Å²) in [5.41, 5.74) is 2.85. The van der Waals surface area contributed by atoms with Gasteiger partial charge in [-0.15, -0.1) is 0 Å². The van der Waals surface area contributed by atoms with Gasteiger partial charge in [0, 0.05) is 24.8 Å². The van der Waals surface area contributed by atoms with Crippen molar-refractivity contribution in [1.82, 2.24) is 4.90 Å². The van der Waals surface area contributed by atoms with Crippen LogP contribution in [0.4, 0.5) is 5.69 Å². The number of hydrogen-bond donors (Lipinski definition) is 1. The summed E-state index contributed by atoms with van der Waals surface area (Å²) < 4.78 is 0. The zero-order valence-electron chi connectivity index (χ0n) is 11.4. The van der Waals surface area contributed by atoms with Crippen LogP contribution in [0.25, 0.3) is 0 Å². The SMILES string of the molecule is CC1CCCCN1CC1CNc2ccccc2C1. The molecule has 0 radical (unpaired) electrons. The van der Waals surface area contributed by atoms with Gasteiger partial charge in [-0.2, -0.15) is 0 Å². The van der Waals surface area contributed by atoms with Crippen molar-refractivity contribution in [2.24, 2.45) is 5.92 Å². The molecule has 0 bridgehead atoms. The first-order valence-electron chi connectivity index (χ1n) is 7.39. The van der Waals surface area contributed by atoms with Crippen LogP contribution in [0.3, 0.4) is 0 Å². The molecule has 1 aromatic rings. The van der Waals surface area contributed by atoms with Crippen molar-refractivity contribution in [3.8, 4) is 0 Å². The van der Waals surface area contributed by atoms with Crippen LogP contribution < -0.4 is 5.32 Å². The maximum atomic E-state index is 3.59. The van der Waals surface area contributed by atoms with Crippen LogP contribution in [0.15, 0.2) is 24.3 Å². The van der Waals surface area contributed by atoms with Crippen molar-refractivity contribution >= 4 is 5.69 Å². The van der Waals surface area contributed by atoms with E-state index in [1.54, 1.807) is 0 Å². The molecule has 0 amide bonds. The normalized spacial score (nSPS) is 28.5. The minimum atomic E-state index is 0.778. The highest BCUT2D eigenvalue weighted by Gasteiger charge is 2.24. The van der Waals surface area contributed by atoms with Crippen molar-refractivity contribution < 1.29 is 0 Å². The highest BCUT2D eigenvalue weighted by atomic mass is 15.2. The van der Waals surface area contributed by atoms with Gasteiger partial charge in [0.1, 0.15) is 0 Å². The smallest absolute Gasteiger partial charge is 0.0372 e. The van der Waals surface area contributed by atoms with Crippen molar-refractivity contribution in [2.45, 2.75) is 38.6 Å². The third-order valence-corrected chi connectivity index (χ3v) is 4.54. The first kappa shape index (κ1) is 12.0. The highest BCUT2D eigenvalue weighted by Crippen LogP contribution is 2.26. The number of anilines is 1. The van der Waals surface area contributed by atoms with E-state index >= 15 is 0 Å². The van der Waals surface area contributed by atoms with Gasteiger partial charge < -0.3 is 10.2 Å². The molecule has 2 heterocycles. The molecule has 2 heteroatoms. The highest BCUT2D eigenvalue weighted by molar-refractivity contribution is 5.53. The summed E-state index contributed by atoms with van der Waals surface area (Å²) in [7, 11) is 0. The van der Waals surface area contributed by atoms with Crippen LogP contribution in [0.1, 0.15) is 31.7 Å². The Morgan fingerprint density at radius 3 is 3.06 bits per heavy atom. The quantitative estimate of drug-likeness (QED) is 0.860. The molecule has 2 atom stereocenters. The van der Waals surface area contributed by atoms with E-state index in [0.717, 1.165) is 18.5 Å². The molecule has 1 N–H and O–H groups in total. The third-order valence-electron chi connectivity index (χ3n) is 4.54. The molecule has 3 rings (SSSR count). The van der Waals surface area contributed by atoms with Crippen molar-refractivity contribution in [1.29, 1.82) is 0 Å². The second-order valence-electron chi connectivity index (χ2n) is 5.95. The Morgan fingerprint density at radius 2 is 2.17 bits per heavy atom. The lowest BCUT2D eigenvalue weighted by Gasteiger charge is -2.37. The molecule has 98 valence electrons. The zero-order valence-corrected chi connectivity index (χ0v) is 11.4. The van der Waals surface area contributed by atoms with Crippen molar-refractivity contribution in [2.75, 3.05) is 25.0 Å². The molecule has 2 nitrogen and oxygen atoms in total. The summed E-state index contributed by atoms with van der Waals surface area (Å²) in [6.45, 7) is 6.10. The Hall–Kier alpha value is -1.02. The number of likely N-dealkylation sites (tertiary alicyclic amines) is 1. The lowest BCUT2D eigenvalue weighted by molar-refractivity contribution is 0.137. The number of nitrogens with one attached hydrogen (secondary N) is 1. The lowest BCUT2D eigenvalue weighted by atomic mass is 9.92. The van der Waals surface area contributed by atoms with Crippen LogP contribution >= 0.6 is 0 Å². The number of benzene rings is 1. The lowest BCUT2D eigenvalue weighted by Crippen LogP contribution is -2.43. The van der Waals surface area contributed by atoms with Crippen LogP contribution in [0.5, 0.6) is 0 Å². The summed E-state index contributed by atoms with van der Waals surface area (Å²) in [5, 5.41) is 3.59. The topological polar surface area (TPSA) is 15.3 Å². The van der Waals surface area contributed by atoms with Crippen LogP contribution in [-0.4, -0.2) is 30.6 Å². The monoisotopic (exact) mass is 244 g/mol. The summed E-state index contributed by atoms with van der Waals surface area (Å²) in [4.78, 5) is 2.70. The minimum absolute atomic E-state index is 0.778. The standard InChI is InChI=1S/C16H24N2/c1-13-6-4-5-9-18(13)12-14-10-15-7-2-3-8-16(15)17-11-14/h2-3,7-8,13-14,17H,4-6,9-12H2,1H3. The maximum absolute atomic E-state index is 3.59. The van der Waals surface area contributed by atoms with Crippen LogP contribution in [0, 0.1) is 5.92 Å². The number of rotatable bonds is 2. The van der Waals surface area contributed by atoms with E-state index in [1.165, 1.54) is 50.0 Å².